The summed E-state index contributed by atoms with van der Waals surface area (Å²) >= 11 is 5.19. The van der Waals surface area contributed by atoms with Crippen molar-refractivity contribution in [3.05, 3.63) is 45.6 Å². The first-order valence-corrected chi connectivity index (χ1v) is 10.7. The summed E-state index contributed by atoms with van der Waals surface area (Å²) in [4.78, 5) is 12.3. The van der Waals surface area contributed by atoms with Gasteiger partial charge < -0.3 is 5.32 Å². The highest BCUT2D eigenvalue weighted by Crippen LogP contribution is 2.45. The second-order valence-electron chi connectivity index (χ2n) is 6.87. The molecule has 1 atom stereocenters. The third-order valence-corrected chi connectivity index (χ3v) is 6.92. The number of aromatic nitrogens is 2. The van der Waals surface area contributed by atoms with E-state index in [2.05, 4.69) is 57.1 Å². The van der Waals surface area contributed by atoms with Crippen LogP contribution in [0, 0.1) is 6.92 Å². The number of aryl methyl sites for hydroxylation is 1. The maximum Gasteiger partial charge on any atom is 0.235 e. The second kappa shape index (κ2) is 7.16. The molecule has 1 saturated carbocycles. The molecule has 1 N–H and O–H groups in total. The molecule has 4 nitrogen and oxygen atoms in total. The first-order chi connectivity index (χ1) is 12.1. The van der Waals surface area contributed by atoms with Gasteiger partial charge in [-0.15, -0.1) is 11.8 Å². The lowest BCUT2D eigenvalue weighted by Crippen LogP contribution is -2.20. The Kier molecular flexibility index (Phi) is 4.91. The highest BCUT2D eigenvalue weighted by atomic mass is 79.9. The predicted molar refractivity (Wildman–Crippen MR) is 106 cm³/mol. The monoisotopic (exact) mass is 419 g/mol. The third kappa shape index (κ3) is 3.38. The van der Waals surface area contributed by atoms with Crippen molar-refractivity contribution in [2.75, 3.05) is 11.1 Å². The van der Waals surface area contributed by atoms with Gasteiger partial charge in [0.05, 0.1) is 22.7 Å². The normalized spacial score (nSPS) is 21.5. The van der Waals surface area contributed by atoms with Crippen molar-refractivity contribution in [2.45, 2.75) is 50.3 Å². The number of amides is 1. The Morgan fingerprint density at radius 2 is 1.92 bits per heavy atom. The number of thioether (sulfide) groups is 1. The van der Waals surface area contributed by atoms with Gasteiger partial charge in [0.1, 0.15) is 5.82 Å². The van der Waals surface area contributed by atoms with Crippen LogP contribution in [0.3, 0.4) is 0 Å². The number of carbonyl (C=O) groups excluding carboxylic acids is 1. The fourth-order valence-electron chi connectivity index (χ4n) is 3.90. The first kappa shape index (κ1) is 17.2. The molecule has 4 rings (SSSR count). The van der Waals surface area contributed by atoms with Crippen molar-refractivity contribution < 1.29 is 4.79 Å². The van der Waals surface area contributed by atoms with E-state index in [0.717, 1.165) is 28.8 Å². The molecule has 0 saturated heterocycles. The van der Waals surface area contributed by atoms with Crippen LogP contribution in [0.1, 0.15) is 60.2 Å². The van der Waals surface area contributed by atoms with Crippen molar-refractivity contribution in [3.63, 3.8) is 0 Å². The summed E-state index contributed by atoms with van der Waals surface area (Å²) in [6.07, 6.45) is 6.11. The quantitative estimate of drug-likeness (QED) is 0.724. The standard InChI is InChI=1S/C19H22BrN3OS/c1-12-17-18(13-7-9-14(20)10-8-13)25-11-16(24)21-19(17)23(22-12)15-5-3-2-4-6-15/h7-10,15,18H,2-6,11H2,1H3,(H,21,24)/t18-/m0/s1. The van der Waals surface area contributed by atoms with E-state index in [4.69, 9.17) is 5.10 Å². The number of halogens is 1. The Hall–Kier alpha value is -1.27. The Morgan fingerprint density at radius 3 is 2.64 bits per heavy atom. The molecule has 0 bridgehead atoms. The largest absolute Gasteiger partial charge is 0.310 e. The molecule has 0 spiro atoms. The number of nitrogens with one attached hydrogen (secondary N) is 1. The molecule has 1 aliphatic carbocycles. The van der Waals surface area contributed by atoms with Crippen LogP contribution in [0.2, 0.25) is 0 Å². The van der Waals surface area contributed by atoms with Crippen LogP contribution in [0.15, 0.2) is 28.7 Å². The average molecular weight is 420 g/mol. The maximum atomic E-state index is 12.3. The van der Waals surface area contributed by atoms with Crippen LogP contribution in [0.4, 0.5) is 5.82 Å². The molecule has 1 aromatic heterocycles. The minimum atomic E-state index is 0.0721. The molecular weight excluding hydrogens is 398 g/mol. The Morgan fingerprint density at radius 1 is 1.20 bits per heavy atom. The molecule has 2 aromatic rings. The Bertz CT molecular complexity index is 781. The lowest BCUT2D eigenvalue weighted by Gasteiger charge is -2.24. The summed E-state index contributed by atoms with van der Waals surface area (Å²) in [6.45, 7) is 2.07. The molecule has 1 amide bonds. The number of anilines is 1. The van der Waals surface area contributed by atoms with Crippen LogP contribution in [0.5, 0.6) is 0 Å². The van der Waals surface area contributed by atoms with Crippen LogP contribution in [-0.2, 0) is 4.79 Å². The zero-order chi connectivity index (χ0) is 17.4. The molecule has 1 fully saturated rings. The van der Waals surface area contributed by atoms with Gasteiger partial charge in [-0.3, -0.25) is 4.79 Å². The highest BCUT2D eigenvalue weighted by Gasteiger charge is 2.32. The number of carbonyl (C=O) groups is 1. The van der Waals surface area contributed by atoms with E-state index < -0.39 is 0 Å². The van der Waals surface area contributed by atoms with Crippen LogP contribution in [-0.4, -0.2) is 21.4 Å². The summed E-state index contributed by atoms with van der Waals surface area (Å²) in [5, 5.41) is 8.15. The first-order valence-electron chi connectivity index (χ1n) is 8.89. The smallest absolute Gasteiger partial charge is 0.235 e. The van der Waals surface area contributed by atoms with Gasteiger partial charge in [0.25, 0.3) is 0 Å². The number of rotatable bonds is 2. The number of hydrogen-bond donors (Lipinski definition) is 1. The molecule has 6 heteroatoms. The lowest BCUT2D eigenvalue weighted by atomic mass is 9.95. The Balaban J connectivity index is 1.79. The average Bonchev–Trinajstić information content (AvgIpc) is 2.83. The second-order valence-corrected chi connectivity index (χ2v) is 8.88. The minimum Gasteiger partial charge on any atom is -0.310 e. The van der Waals surface area contributed by atoms with Gasteiger partial charge in [-0.05, 0) is 37.5 Å². The maximum absolute atomic E-state index is 12.3. The lowest BCUT2D eigenvalue weighted by molar-refractivity contribution is -0.113. The zero-order valence-electron chi connectivity index (χ0n) is 14.3. The molecule has 2 aliphatic rings. The Labute approximate surface area is 160 Å². The van der Waals surface area contributed by atoms with E-state index in [1.54, 1.807) is 11.8 Å². The van der Waals surface area contributed by atoms with Gasteiger partial charge in [0, 0.05) is 10.0 Å². The van der Waals surface area contributed by atoms with Gasteiger partial charge in [0.2, 0.25) is 5.91 Å². The molecule has 0 unspecified atom stereocenters. The highest BCUT2D eigenvalue weighted by molar-refractivity contribution is 9.10. The van der Waals surface area contributed by atoms with E-state index in [1.807, 2.05) is 0 Å². The number of fused-ring (bicyclic) bond motifs is 1. The van der Waals surface area contributed by atoms with Gasteiger partial charge >= 0.3 is 0 Å². The van der Waals surface area contributed by atoms with E-state index in [-0.39, 0.29) is 11.2 Å². The molecule has 1 aromatic carbocycles. The van der Waals surface area contributed by atoms with E-state index >= 15 is 0 Å². The van der Waals surface area contributed by atoms with Gasteiger partial charge in [-0.25, -0.2) is 4.68 Å². The summed E-state index contributed by atoms with van der Waals surface area (Å²) in [5.41, 5.74) is 3.42. The number of nitrogens with zero attached hydrogens (tertiary/aromatic N) is 2. The molecule has 132 valence electrons. The summed E-state index contributed by atoms with van der Waals surface area (Å²) in [6, 6.07) is 8.81. The van der Waals surface area contributed by atoms with Crippen LogP contribution < -0.4 is 5.32 Å². The van der Waals surface area contributed by atoms with Crippen molar-refractivity contribution in [1.29, 1.82) is 0 Å². The fourth-order valence-corrected chi connectivity index (χ4v) is 5.35. The molecule has 0 radical (unpaired) electrons. The predicted octanol–water partition coefficient (Wildman–Crippen LogP) is 5.23. The third-order valence-electron chi connectivity index (χ3n) is 5.13. The van der Waals surface area contributed by atoms with Gasteiger partial charge in [-0.1, -0.05) is 47.3 Å². The van der Waals surface area contributed by atoms with Gasteiger partial charge in [0.15, 0.2) is 0 Å². The summed E-state index contributed by atoms with van der Waals surface area (Å²) in [7, 11) is 0. The summed E-state index contributed by atoms with van der Waals surface area (Å²) < 4.78 is 3.18. The van der Waals surface area contributed by atoms with Crippen LogP contribution >= 0.6 is 27.7 Å². The minimum absolute atomic E-state index is 0.0721. The summed E-state index contributed by atoms with van der Waals surface area (Å²) in [5.74, 6) is 1.47. The molecule has 25 heavy (non-hydrogen) atoms. The van der Waals surface area contributed by atoms with Crippen LogP contribution in [0.25, 0.3) is 0 Å². The SMILES string of the molecule is Cc1nn(C2CCCCC2)c2c1[C@H](c1ccc(Br)cc1)SCC(=O)N2. The fraction of sp³-hybridized carbons (Fsp3) is 0.474. The van der Waals surface area contributed by atoms with Crippen molar-refractivity contribution in [2.24, 2.45) is 0 Å². The number of benzene rings is 1. The topological polar surface area (TPSA) is 46.9 Å². The van der Waals surface area contributed by atoms with E-state index in [9.17, 15) is 4.79 Å². The zero-order valence-corrected chi connectivity index (χ0v) is 16.7. The van der Waals surface area contributed by atoms with Crippen molar-refractivity contribution in [3.8, 4) is 0 Å². The van der Waals surface area contributed by atoms with E-state index in [0.29, 0.717) is 11.8 Å². The molecule has 2 heterocycles. The van der Waals surface area contributed by atoms with Crippen molar-refractivity contribution >= 4 is 39.4 Å². The molecule has 1 aliphatic heterocycles. The van der Waals surface area contributed by atoms with Gasteiger partial charge in [-0.2, -0.15) is 5.10 Å². The van der Waals surface area contributed by atoms with Crippen molar-refractivity contribution in [1.82, 2.24) is 9.78 Å². The van der Waals surface area contributed by atoms with E-state index in [1.165, 1.54) is 30.4 Å². The number of hydrogen-bond acceptors (Lipinski definition) is 3. The molecular formula is C19H22BrN3OS.